The molecule has 0 amide bonds. The summed E-state index contributed by atoms with van der Waals surface area (Å²) in [5.41, 5.74) is 8.80. The van der Waals surface area contributed by atoms with Crippen LogP contribution in [0.5, 0.6) is 0 Å². The largest absolute Gasteiger partial charge is 0.367 e. The molecule has 0 atom stereocenters. The van der Waals surface area contributed by atoms with Crippen LogP contribution in [0.2, 0.25) is 0 Å². The van der Waals surface area contributed by atoms with Gasteiger partial charge in [-0.1, -0.05) is 36.4 Å². The van der Waals surface area contributed by atoms with Gasteiger partial charge in [-0.15, -0.1) is 5.10 Å². The molecule has 0 spiro atoms. The molecule has 0 bridgehead atoms. The van der Waals surface area contributed by atoms with Crippen LogP contribution in [-0.2, 0) is 12.8 Å². The van der Waals surface area contributed by atoms with E-state index < -0.39 is 0 Å². The number of nitrogens with two attached hydrogens (primary N) is 1. The summed E-state index contributed by atoms with van der Waals surface area (Å²) in [5, 5.41) is 27.4. The predicted molar refractivity (Wildman–Crippen MR) is 118 cm³/mol. The van der Waals surface area contributed by atoms with Gasteiger partial charge in [-0.3, -0.25) is 0 Å². The number of anilines is 3. The third kappa shape index (κ3) is 4.19. The van der Waals surface area contributed by atoms with Crippen molar-refractivity contribution in [1.29, 1.82) is 10.5 Å². The Bertz CT molecular complexity index is 1280. The SMILES string of the molecule is N#CCc1ccc(Nc2nc(N)n(Sc3cccc4ccc(CC#N)cc34)n2)cc1. The number of benzene rings is 3. The summed E-state index contributed by atoms with van der Waals surface area (Å²) in [6.45, 7) is 0. The van der Waals surface area contributed by atoms with Crippen LogP contribution in [-0.4, -0.2) is 14.2 Å². The van der Waals surface area contributed by atoms with Gasteiger partial charge in [-0.25, -0.2) is 0 Å². The van der Waals surface area contributed by atoms with Crippen molar-refractivity contribution >= 4 is 40.3 Å². The fourth-order valence-corrected chi connectivity index (χ4v) is 3.88. The molecular weight excluding hydrogens is 394 g/mol. The highest BCUT2D eigenvalue weighted by atomic mass is 32.2. The summed E-state index contributed by atoms with van der Waals surface area (Å²) < 4.78 is 1.57. The molecule has 1 heterocycles. The minimum Gasteiger partial charge on any atom is -0.367 e. The summed E-state index contributed by atoms with van der Waals surface area (Å²) in [5.74, 6) is 0.659. The van der Waals surface area contributed by atoms with Crippen molar-refractivity contribution in [2.24, 2.45) is 0 Å². The van der Waals surface area contributed by atoms with Gasteiger partial charge in [0.1, 0.15) is 0 Å². The average molecular weight is 411 g/mol. The predicted octanol–water partition coefficient (Wildman–Crippen LogP) is 4.44. The Morgan fingerprint density at radius 3 is 2.47 bits per heavy atom. The third-order valence-corrected chi connectivity index (χ3v) is 5.46. The lowest BCUT2D eigenvalue weighted by atomic mass is 10.1. The molecule has 146 valence electrons. The first-order valence-corrected chi connectivity index (χ1v) is 9.96. The minimum absolute atomic E-state index is 0.272. The average Bonchev–Trinajstić information content (AvgIpc) is 3.09. The van der Waals surface area contributed by atoms with E-state index in [-0.39, 0.29) is 5.95 Å². The monoisotopic (exact) mass is 411 g/mol. The van der Waals surface area contributed by atoms with E-state index in [0.29, 0.717) is 18.8 Å². The molecule has 0 saturated carbocycles. The summed E-state index contributed by atoms with van der Waals surface area (Å²) in [7, 11) is 0. The maximum absolute atomic E-state index is 8.98. The molecule has 0 radical (unpaired) electrons. The van der Waals surface area contributed by atoms with E-state index in [1.807, 2.05) is 60.7 Å². The van der Waals surface area contributed by atoms with Crippen LogP contribution >= 0.6 is 11.9 Å². The van der Waals surface area contributed by atoms with Gasteiger partial charge in [0.2, 0.25) is 11.9 Å². The molecule has 7 nitrogen and oxygen atoms in total. The Labute approximate surface area is 177 Å². The highest BCUT2D eigenvalue weighted by Crippen LogP contribution is 2.31. The van der Waals surface area contributed by atoms with Crippen LogP contribution < -0.4 is 11.1 Å². The zero-order valence-corrected chi connectivity index (χ0v) is 16.7. The van der Waals surface area contributed by atoms with Gasteiger partial charge in [0.15, 0.2) is 0 Å². The van der Waals surface area contributed by atoms with Crippen LogP contribution in [0.4, 0.5) is 17.6 Å². The molecule has 3 aromatic carbocycles. The molecule has 0 saturated heterocycles. The van der Waals surface area contributed by atoms with Crippen LogP contribution in [0.1, 0.15) is 11.1 Å². The highest BCUT2D eigenvalue weighted by molar-refractivity contribution is 7.98. The second-order valence-corrected chi connectivity index (χ2v) is 7.53. The molecule has 1 aromatic heterocycles. The van der Waals surface area contributed by atoms with E-state index in [4.69, 9.17) is 16.3 Å². The first-order valence-electron chi connectivity index (χ1n) is 9.18. The zero-order valence-electron chi connectivity index (χ0n) is 15.9. The second-order valence-electron chi connectivity index (χ2n) is 6.56. The number of nitrogens with one attached hydrogen (secondary N) is 1. The molecule has 4 aromatic rings. The van der Waals surface area contributed by atoms with E-state index >= 15 is 0 Å². The van der Waals surface area contributed by atoms with Gasteiger partial charge in [-0.05, 0) is 46.2 Å². The van der Waals surface area contributed by atoms with Crippen molar-refractivity contribution in [1.82, 2.24) is 14.2 Å². The van der Waals surface area contributed by atoms with E-state index in [1.165, 1.54) is 11.9 Å². The molecule has 0 unspecified atom stereocenters. The number of fused-ring (bicyclic) bond motifs is 1. The Balaban J connectivity index is 1.57. The van der Waals surface area contributed by atoms with E-state index in [9.17, 15) is 0 Å². The molecule has 30 heavy (non-hydrogen) atoms. The molecule has 0 fully saturated rings. The van der Waals surface area contributed by atoms with Gasteiger partial charge in [0.25, 0.3) is 0 Å². The van der Waals surface area contributed by atoms with Gasteiger partial charge < -0.3 is 11.1 Å². The molecule has 0 aliphatic rings. The van der Waals surface area contributed by atoms with Crippen molar-refractivity contribution in [3.05, 3.63) is 71.8 Å². The third-order valence-electron chi connectivity index (χ3n) is 4.47. The number of hydrogen-bond acceptors (Lipinski definition) is 7. The fraction of sp³-hybridized carbons (Fsp3) is 0.0909. The number of aromatic nitrogens is 3. The van der Waals surface area contributed by atoms with Crippen LogP contribution in [0.15, 0.2) is 65.6 Å². The molecule has 4 rings (SSSR count). The lowest BCUT2D eigenvalue weighted by molar-refractivity contribution is 1.02. The van der Waals surface area contributed by atoms with Gasteiger partial charge >= 0.3 is 0 Å². The summed E-state index contributed by atoms with van der Waals surface area (Å²) in [6, 6.07) is 23.8. The number of hydrogen-bond donors (Lipinski definition) is 2. The van der Waals surface area contributed by atoms with E-state index in [0.717, 1.165) is 32.5 Å². The van der Waals surface area contributed by atoms with Crippen LogP contribution in [0, 0.1) is 22.7 Å². The summed E-state index contributed by atoms with van der Waals surface area (Å²) >= 11 is 1.37. The van der Waals surface area contributed by atoms with Crippen molar-refractivity contribution in [3.8, 4) is 12.1 Å². The first-order chi connectivity index (χ1) is 14.7. The van der Waals surface area contributed by atoms with Gasteiger partial charge in [-0.2, -0.15) is 19.6 Å². The molecule has 0 aliphatic carbocycles. The number of nitriles is 2. The van der Waals surface area contributed by atoms with Crippen molar-refractivity contribution in [3.63, 3.8) is 0 Å². The quantitative estimate of drug-likeness (QED) is 0.481. The minimum atomic E-state index is 0.272. The Morgan fingerprint density at radius 2 is 1.70 bits per heavy atom. The Morgan fingerprint density at radius 1 is 0.967 bits per heavy atom. The Hall–Kier alpha value is -4.01. The zero-order chi connectivity index (χ0) is 20.9. The van der Waals surface area contributed by atoms with Crippen LogP contribution in [0.25, 0.3) is 10.8 Å². The molecule has 0 aliphatic heterocycles. The van der Waals surface area contributed by atoms with Crippen molar-refractivity contribution in [2.45, 2.75) is 17.7 Å². The normalized spacial score (nSPS) is 10.5. The van der Waals surface area contributed by atoms with Crippen molar-refractivity contribution < 1.29 is 0 Å². The van der Waals surface area contributed by atoms with E-state index in [1.54, 1.807) is 4.09 Å². The maximum Gasteiger partial charge on any atom is 0.249 e. The smallest absolute Gasteiger partial charge is 0.249 e. The lowest BCUT2D eigenvalue weighted by Crippen LogP contribution is -1.98. The van der Waals surface area contributed by atoms with E-state index in [2.05, 4.69) is 27.5 Å². The van der Waals surface area contributed by atoms with Gasteiger partial charge in [0.05, 0.1) is 25.0 Å². The number of rotatable bonds is 6. The number of nitrogens with zero attached hydrogens (tertiary/aromatic N) is 5. The maximum atomic E-state index is 8.98. The fourth-order valence-electron chi connectivity index (χ4n) is 3.02. The topological polar surface area (TPSA) is 116 Å². The van der Waals surface area contributed by atoms with Crippen LogP contribution in [0.3, 0.4) is 0 Å². The standard InChI is InChI=1S/C22H17N7S/c23-12-10-15-5-8-18(9-6-15)26-22-27-21(25)29(28-22)30-20-3-1-2-17-7-4-16(11-13-24)14-19(17)20/h1-9,14H,10-11H2,(H3,25,26,27,28). The molecular formula is C22H17N7S. The molecule has 3 N–H and O–H groups in total. The molecule has 8 heteroatoms. The summed E-state index contributed by atoms with van der Waals surface area (Å²) in [4.78, 5) is 5.26. The highest BCUT2D eigenvalue weighted by Gasteiger charge is 2.11. The van der Waals surface area contributed by atoms with Crippen molar-refractivity contribution in [2.75, 3.05) is 11.1 Å². The Kier molecular flexibility index (Phi) is 5.51. The second kappa shape index (κ2) is 8.56. The summed E-state index contributed by atoms with van der Waals surface area (Å²) in [6.07, 6.45) is 0.736. The number of nitrogen functional groups attached to an aromatic ring is 1. The van der Waals surface area contributed by atoms with Gasteiger partial charge in [0, 0.05) is 22.5 Å². The first kappa shape index (κ1) is 19.3. The lowest BCUT2D eigenvalue weighted by Gasteiger charge is -2.07.